The number of rotatable bonds is 7. The number of anilines is 1. The van der Waals surface area contributed by atoms with Crippen molar-refractivity contribution in [2.75, 3.05) is 32.2 Å². The number of thiazole rings is 1. The molecule has 0 radical (unpaired) electrons. The lowest BCUT2D eigenvalue weighted by Gasteiger charge is -2.04. The molecule has 7 heteroatoms. The Kier molecular flexibility index (Phi) is 6.17. The number of ether oxygens (including phenoxy) is 2. The minimum atomic E-state index is -0.287. The standard InChI is InChI=1S/C15H19N3O3S/c1-3-21-12-6-4-11(5-7-12)13-10-22-15(17-13)18-14(19)16-8-9-20-2/h4-7,10H,3,8-9H2,1-2H3,(H2,16,17,18,19). The van der Waals surface area contributed by atoms with Gasteiger partial charge in [0, 0.05) is 24.6 Å². The summed E-state index contributed by atoms with van der Waals surface area (Å²) in [7, 11) is 1.59. The molecule has 0 fully saturated rings. The molecule has 0 bridgehead atoms. The average molecular weight is 321 g/mol. The van der Waals surface area contributed by atoms with Gasteiger partial charge in [0.05, 0.1) is 18.9 Å². The van der Waals surface area contributed by atoms with Gasteiger partial charge in [0.1, 0.15) is 5.75 Å². The molecule has 1 aromatic heterocycles. The number of nitrogens with one attached hydrogen (secondary N) is 2. The minimum absolute atomic E-state index is 0.287. The van der Waals surface area contributed by atoms with Crippen molar-refractivity contribution in [3.63, 3.8) is 0 Å². The monoisotopic (exact) mass is 321 g/mol. The van der Waals surface area contributed by atoms with Gasteiger partial charge in [-0.3, -0.25) is 5.32 Å². The maximum absolute atomic E-state index is 11.6. The highest BCUT2D eigenvalue weighted by molar-refractivity contribution is 7.14. The van der Waals surface area contributed by atoms with Crippen molar-refractivity contribution < 1.29 is 14.3 Å². The van der Waals surface area contributed by atoms with E-state index < -0.39 is 0 Å². The lowest BCUT2D eigenvalue weighted by molar-refractivity contribution is 0.198. The van der Waals surface area contributed by atoms with Crippen molar-refractivity contribution in [3.05, 3.63) is 29.6 Å². The lowest BCUT2D eigenvalue weighted by Crippen LogP contribution is -2.31. The van der Waals surface area contributed by atoms with Gasteiger partial charge < -0.3 is 14.8 Å². The van der Waals surface area contributed by atoms with Gasteiger partial charge in [0.15, 0.2) is 5.13 Å². The van der Waals surface area contributed by atoms with Gasteiger partial charge in [0.2, 0.25) is 0 Å². The van der Waals surface area contributed by atoms with E-state index in [4.69, 9.17) is 9.47 Å². The molecule has 0 unspecified atom stereocenters. The molecule has 2 rings (SSSR count). The van der Waals surface area contributed by atoms with E-state index in [1.165, 1.54) is 11.3 Å². The molecular formula is C15H19N3O3S. The van der Waals surface area contributed by atoms with Crippen LogP contribution in [0.3, 0.4) is 0 Å². The van der Waals surface area contributed by atoms with Gasteiger partial charge in [-0.15, -0.1) is 11.3 Å². The predicted octanol–water partition coefficient (Wildman–Crippen LogP) is 2.98. The van der Waals surface area contributed by atoms with E-state index in [-0.39, 0.29) is 6.03 Å². The normalized spacial score (nSPS) is 10.3. The van der Waals surface area contributed by atoms with Crippen LogP contribution in [-0.4, -0.2) is 37.9 Å². The van der Waals surface area contributed by atoms with Gasteiger partial charge >= 0.3 is 6.03 Å². The number of amides is 2. The van der Waals surface area contributed by atoms with Crippen molar-refractivity contribution in [1.29, 1.82) is 0 Å². The van der Waals surface area contributed by atoms with Crippen LogP contribution in [0.25, 0.3) is 11.3 Å². The summed E-state index contributed by atoms with van der Waals surface area (Å²) < 4.78 is 10.3. The van der Waals surface area contributed by atoms with E-state index in [0.29, 0.717) is 24.9 Å². The second kappa shape index (κ2) is 8.35. The van der Waals surface area contributed by atoms with Crippen LogP contribution in [-0.2, 0) is 4.74 Å². The molecule has 1 aromatic carbocycles. The summed E-state index contributed by atoms with van der Waals surface area (Å²) in [5.41, 5.74) is 1.80. The fourth-order valence-electron chi connectivity index (χ4n) is 1.76. The second-order valence-electron chi connectivity index (χ2n) is 4.37. The van der Waals surface area contributed by atoms with Crippen molar-refractivity contribution in [1.82, 2.24) is 10.3 Å². The van der Waals surface area contributed by atoms with E-state index in [1.54, 1.807) is 7.11 Å². The zero-order valence-corrected chi connectivity index (χ0v) is 13.4. The van der Waals surface area contributed by atoms with Gasteiger partial charge in [-0.2, -0.15) is 0 Å². The molecule has 0 aliphatic rings. The molecule has 2 amide bonds. The van der Waals surface area contributed by atoms with Crippen LogP contribution in [0.5, 0.6) is 5.75 Å². The number of carbonyl (C=O) groups excluding carboxylic acids is 1. The molecular weight excluding hydrogens is 302 g/mol. The number of benzene rings is 1. The molecule has 118 valence electrons. The van der Waals surface area contributed by atoms with Gasteiger partial charge in [-0.05, 0) is 31.2 Å². The summed E-state index contributed by atoms with van der Waals surface area (Å²) in [6.07, 6.45) is 0. The quantitative estimate of drug-likeness (QED) is 0.769. The Morgan fingerprint density at radius 3 is 2.77 bits per heavy atom. The van der Waals surface area contributed by atoms with E-state index in [0.717, 1.165) is 17.0 Å². The number of aromatic nitrogens is 1. The molecule has 2 N–H and O–H groups in total. The largest absolute Gasteiger partial charge is 0.494 e. The third-order valence-corrected chi connectivity index (χ3v) is 3.54. The predicted molar refractivity (Wildman–Crippen MR) is 87.6 cm³/mol. The number of urea groups is 1. The van der Waals surface area contributed by atoms with Crippen molar-refractivity contribution in [2.24, 2.45) is 0 Å². The molecule has 0 atom stereocenters. The zero-order chi connectivity index (χ0) is 15.8. The first-order valence-corrected chi connectivity index (χ1v) is 7.83. The SMILES string of the molecule is CCOc1ccc(-c2csc(NC(=O)NCCOC)n2)cc1. The van der Waals surface area contributed by atoms with E-state index >= 15 is 0 Å². The third-order valence-electron chi connectivity index (χ3n) is 2.78. The highest BCUT2D eigenvalue weighted by Crippen LogP contribution is 2.26. The smallest absolute Gasteiger partial charge is 0.321 e. The van der Waals surface area contributed by atoms with E-state index in [1.807, 2.05) is 36.6 Å². The van der Waals surface area contributed by atoms with Gasteiger partial charge in [-0.25, -0.2) is 9.78 Å². The van der Waals surface area contributed by atoms with Crippen LogP contribution in [0, 0.1) is 0 Å². The van der Waals surface area contributed by atoms with E-state index in [2.05, 4.69) is 15.6 Å². The topological polar surface area (TPSA) is 72.5 Å². The number of methoxy groups -OCH3 is 1. The highest BCUT2D eigenvalue weighted by Gasteiger charge is 2.07. The maximum atomic E-state index is 11.6. The first kappa shape index (κ1) is 16.3. The summed E-state index contributed by atoms with van der Waals surface area (Å²) in [6, 6.07) is 7.42. The van der Waals surface area contributed by atoms with Crippen molar-refractivity contribution in [3.8, 4) is 17.0 Å². The molecule has 6 nitrogen and oxygen atoms in total. The molecule has 1 heterocycles. The van der Waals surface area contributed by atoms with Crippen molar-refractivity contribution in [2.45, 2.75) is 6.92 Å². The molecule has 0 saturated heterocycles. The Labute approximate surface area is 133 Å². The van der Waals surface area contributed by atoms with Crippen LogP contribution in [0.4, 0.5) is 9.93 Å². The third kappa shape index (κ3) is 4.71. The fraction of sp³-hybridized carbons (Fsp3) is 0.333. The Bertz CT molecular complexity index is 598. The molecule has 0 aliphatic carbocycles. The average Bonchev–Trinajstić information content (AvgIpc) is 2.97. The minimum Gasteiger partial charge on any atom is -0.494 e. The first-order valence-electron chi connectivity index (χ1n) is 6.95. The molecule has 0 saturated carbocycles. The number of nitrogens with zero attached hydrogens (tertiary/aromatic N) is 1. The summed E-state index contributed by atoms with van der Waals surface area (Å²) >= 11 is 1.38. The van der Waals surface area contributed by atoms with Crippen LogP contribution >= 0.6 is 11.3 Å². The van der Waals surface area contributed by atoms with Crippen LogP contribution in [0.1, 0.15) is 6.92 Å². The number of hydrogen-bond donors (Lipinski definition) is 2. The maximum Gasteiger partial charge on any atom is 0.321 e. The lowest BCUT2D eigenvalue weighted by atomic mass is 10.2. The van der Waals surface area contributed by atoms with E-state index in [9.17, 15) is 4.79 Å². The zero-order valence-electron chi connectivity index (χ0n) is 12.6. The molecule has 2 aromatic rings. The molecule has 0 aliphatic heterocycles. The Hall–Kier alpha value is -2.12. The second-order valence-corrected chi connectivity index (χ2v) is 5.23. The van der Waals surface area contributed by atoms with Gasteiger partial charge in [-0.1, -0.05) is 0 Å². The van der Waals surface area contributed by atoms with Crippen LogP contribution < -0.4 is 15.4 Å². The Balaban J connectivity index is 1.94. The number of hydrogen-bond acceptors (Lipinski definition) is 5. The highest BCUT2D eigenvalue weighted by atomic mass is 32.1. The number of carbonyl (C=O) groups is 1. The van der Waals surface area contributed by atoms with Crippen LogP contribution in [0.15, 0.2) is 29.6 Å². The molecule has 0 spiro atoms. The van der Waals surface area contributed by atoms with Crippen molar-refractivity contribution >= 4 is 22.5 Å². The Morgan fingerprint density at radius 2 is 2.09 bits per heavy atom. The summed E-state index contributed by atoms with van der Waals surface area (Å²) in [4.78, 5) is 16.0. The summed E-state index contributed by atoms with van der Waals surface area (Å²) in [6.45, 7) is 3.52. The Morgan fingerprint density at radius 1 is 1.32 bits per heavy atom. The molecule has 22 heavy (non-hydrogen) atoms. The summed E-state index contributed by atoms with van der Waals surface area (Å²) in [5, 5.41) is 7.84. The van der Waals surface area contributed by atoms with Gasteiger partial charge in [0.25, 0.3) is 0 Å². The summed E-state index contributed by atoms with van der Waals surface area (Å²) in [5.74, 6) is 0.831. The van der Waals surface area contributed by atoms with Crippen LogP contribution in [0.2, 0.25) is 0 Å². The fourth-order valence-corrected chi connectivity index (χ4v) is 2.47. The first-order chi connectivity index (χ1) is 10.7.